The predicted octanol–water partition coefficient (Wildman–Crippen LogP) is 3.14. The van der Waals surface area contributed by atoms with Crippen LogP contribution < -0.4 is 4.72 Å². The number of halogens is 1. The number of hydrogen-bond donors (Lipinski definition) is 1. The van der Waals surface area contributed by atoms with Crippen LogP contribution in [0.25, 0.3) is 0 Å². The number of alkyl halides is 1. The zero-order valence-electron chi connectivity index (χ0n) is 11.8. The monoisotopic (exact) mass is 295 g/mol. The van der Waals surface area contributed by atoms with Gasteiger partial charge in [-0.3, -0.25) is 0 Å². The Kier molecular flexibility index (Phi) is 5.51. The summed E-state index contributed by atoms with van der Waals surface area (Å²) >= 11 is 6.06. The molecule has 1 aliphatic rings. The predicted molar refractivity (Wildman–Crippen MR) is 77.5 cm³/mol. The van der Waals surface area contributed by atoms with Crippen molar-refractivity contribution in [1.29, 1.82) is 0 Å². The second-order valence-corrected chi connectivity index (χ2v) is 8.91. The third-order valence-electron chi connectivity index (χ3n) is 3.49. The van der Waals surface area contributed by atoms with Gasteiger partial charge in [-0.05, 0) is 23.7 Å². The first-order valence-corrected chi connectivity index (χ1v) is 8.90. The first kappa shape index (κ1) is 16.3. The van der Waals surface area contributed by atoms with Crippen LogP contribution in [-0.4, -0.2) is 26.6 Å². The van der Waals surface area contributed by atoms with Crippen molar-refractivity contribution in [3.63, 3.8) is 0 Å². The van der Waals surface area contributed by atoms with Crippen LogP contribution in [0.3, 0.4) is 0 Å². The van der Waals surface area contributed by atoms with E-state index in [1.54, 1.807) is 0 Å². The van der Waals surface area contributed by atoms with Gasteiger partial charge in [0, 0.05) is 12.4 Å². The number of sulfonamides is 1. The fourth-order valence-electron chi connectivity index (χ4n) is 2.54. The lowest BCUT2D eigenvalue weighted by Gasteiger charge is -2.35. The Hall–Kier alpha value is 0.200. The summed E-state index contributed by atoms with van der Waals surface area (Å²) in [5, 5.41) is 0. The average molecular weight is 296 g/mol. The quantitative estimate of drug-likeness (QED) is 0.792. The normalized spacial score (nSPS) is 20.9. The van der Waals surface area contributed by atoms with Gasteiger partial charge in [0.05, 0.1) is 5.75 Å². The number of rotatable bonds is 5. The molecule has 1 saturated carbocycles. The smallest absolute Gasteiger partial charge is 0.212 e. The molecule has 0 aromatic rings. The van der Waals surface area contributed by atoms with E-state index < -0.39 is 10.0 Å². The second kappa shape index (κ2) is 6.10. The Bertz CT molecular complexity index is 354. The third kappa shape index (κ3) is 5.45. The van der Waals surface area contributed by atoms with Crippen LogP contribution in [-0.2, 0) is 10.0 Å². The van der Waals surface area contributed by atoms with Crippen LogP contribution in [0.15, 0.2) is 0 Å². The highest BCUT2D eigenvalue weighted by atomic mass is 35.5. The van der Waals surface area contributed by atoms with Gasteiger partial charge < -0.3 is 0 Å². The van der Waals surface area contributed by atoms with Crippen LogP contribution in [0.1, 0.15) is 52.9 Å². The molecule has 3 nitrogen and oxygen atoms in total. The molecule has 0 aromatic heterocycles. The van der Waals surface area contributed by atoms with Crippen LogP contribution in [0, 0.1) is 10.8 Å². The summed E-state index contributed by atoms with van der Waals surface area (Å²) in [6.07, 6.45) is 5.64. The lowest BCUT2D eigenvalue weighted by atomic mass is 9.76. The van der Waals surface area contributed by atoms with Crippen molar-refractivity contribution in [2.24, 2.45) is 10.8 Å². The molecule has 0 spiro atoms. The number of hydrogen-bond acceptors (Lipinski definition) is 2. The Labute approximate surface area is 117 Å². The van der Waals surface area contributed by atoms with E-state index >= 15 is 0 Å². The van der Waals surface area contributed by atoms with Gasteiger partial charge >= 0.3 is 0 Å². The van der Waals surface area contributed by atoms with Crippen molar-refractivity contribution < 1.29 is 8.42 Å². The molecular formula is C13H26ClNO2S. The highest BCUT2D eigenvalue weighted by Crippen LogP contribution is 2.37. The molecule has 0 bridgehead atoms. The molecule has 18 heavy (non-hydrogen) atoms. The second-order valence-electron chi connectivity index (χ2n) is 6.84. The first-order valence-electron chi connectivity index (χ1n) is 6.71. The van der Waals surface area contributed by atoms with Gasteiger partial charge in [0.1, 0.15) is 0 Å². The van der Waals surface area contributed by atoms with Crippen molar-refractivity contribution in [2.45, 2.75) is 52.9 Å². The molecule has 0 aliphatic heterocycles. The van der Waals surface area contributed by atoms with Crippen molar-refractivity contribution >= 4 is 21.6 Å². The van der Waals surface area contributed by atoms with Crippen LogP contribution in [0.4, 0.5) is 0 Å². The maximum atomic E-state index is 12.0. The van der Waals surface area contributed by atoms with Gasteiger partial charge in [-0.25, -0.2) is 13.1 Å². The van der Waals surface area contributed by atoms with Crippen LogP contribution >= 0.6 is 11.6 Å². The molecule has 1 aliphatic carbocycles. The third-order valence-corrected chi connectivity index (χ3v) is 5.88. The summed E-state index contributed by atoms with van der Waals surface area (Å²) in [5.74, 6) is 0.712. The molecule has 108 valence electrons. The molecular weight excluding hydrogens is 270 g/mol. The SMILES string of the molecule is CC(C)(C)CS(=O)(=O)NCC1(CCl)CCCCC1. The highest BCUT2D eigenvalue weighted by molar-refractivity contribution is 7.89. The molecule has 1 N–H and O–H groups in total. The van der Waals surface area contributed by atoms with Crippen molar-refractivity contribution in [1.82, 2.24) is 4.72 Å². The first-order chi connectivity index (χ1) is 8.18. The maximum absolute atomic E-state index is 12.0. The Morgan fingerprint density at radius 2 is 1.72 bits per heavy atom. The van der Waals surface area contributed by atoms with E-state index in [2.05, 4.69) is 4.72 Å². The van der Waals surface area contributed by atoms with Gasteiger partial charge in [0.25, 0.3) is 0 Å². The van der Waals surface area contributed by atoms with E-state index in [1.165, 1.54) is 6.42 Å². The van der Waals surface area contributed by atoms with Crippen molar-refractivity contribution in [2.75, 3.05) is 18.2 Å². The van der Waals surface area contributed by atoms with E-state index in [1.807, 2.05) is 20.8 Å². The van der Waals surface area contributed by atoms with Gasteiger partial charge in [-0.15, -0.1) is 11.6 Å². The lowest BCUT2D eigenvalue weighted by molar-refractivity contribution is 0.223. The lowest BCUT2D eigenvalue weighted by Crippen LogP contribution is -2.42. The van der Waals surface area contributed by atoms with E-state index in [-0.39, 0.29) is 16.6 Å². The topological polar surface area (TPSA) is 46.2 Å². The molecule has 0 aromatic carbocycles. The van der Waals surface area contributed by atoms with Crippen LogP contribution in [0.5, 0.6) is 0 Å². The fraction of sp³-hybridized carbons (Fsp3) is 1.00. The average Bonchev–Trinajstić information content (AvgIpc) is 2.25. The largest absolute Gasteiger partial charge is 0.215 e. The molecule has 5 heteroatoms. The van der Waals surface area contributed by atoms with Gasteiger partial charge in [0.2, 0.25) is 10.0 Å². The van der Waals surface area contributed by atoms with Crippen molar-refractivity contribution in [3.05, 3.63) is 0 Å². The van der Waals surface area contributed by atoms with Crippen LogP contribution in [0.2, 0.25) is 0 Å². The molecule has 0 radical (unpaired) electrons. The zero-order chi connectivity index (χ0) is 13.9. The Morgan fingerprint density at radius 3 is 2.17 bits per heavy atom. The van der Waals surface area contributed by atoms with E-state index in [0.717, 1.165) is 25.7 Å². The Balaban J connectivity index is 2.57. The molecule has 0 unspecified atom stereocenters. The highest BCUT2D eigenvalue weighted by Gasteiger charge is 2.33. The molecule has 0 saturated heterocycles. The Morgan fingerprint density at radius 1 is 1.17 bits per heavy atom. The molecule has 0 atom stereocenters. The summed E-state index contributed by atoms with van der Waals surface area (Å²) in [4.78, 5) is 0. The minimum atomic E-state index is -3.20. The summed E-state index contributed by atoms with van der Waals surface area (Å²) in [6, 6.07) is 0. The summed E-state index contributed by atoms with van der Waals surface area (Å²) in [7, 11) is -3.20. The zero-order valence-corrected chi connectivity index (χ0v) is 13.3. The molecule has 1 rings (SSSR count). The number of nitrogens with one attached hydrogen (secondary N) is 1. The molecule has 1 fully saturated rings. The van der Waals surface area contributed by atoms with Gasteiger partial charge in [0.15, 0.2) is 0 Å². The van der Waals surface area contributed by atoms with Gasteiger partial charge in [-0.2, -0.15) is 0 Å². The minimum Gasteiger partial charge on any atom is -0.215 e. The fourth-order valence-corrected chi connectivity index (χ4v) is 4.67. The van der Waals surface area contributed by atoms with E-state index in [4.69, 9.17) is 11.6 Å². The molecule has 0 amide bonds. The molecule has 0 heterocycles. The van der Waals surface area contributed by atoms with E-state index in [0.29, 0.717) is 12.4 Å². The summed E-state index contributed by atoms with van der Waals surface area (Å²) < 4.78 is 26.8. The maximum Gasteiger partial charge on any atom is 0.212 e. The minimum absolute atomic E-state index is 0.0231. The summed E-state index contributed by atoms with van der Waals surface area (Å²) in [6.45, 7) is 6.30. The van der Waals surface area contributed by atoms with Crippen molar-refractivity contribution in [3.8, 4) is 0 Å². The van der Waals surface area contributed by atoms with E-state index in [9.17, 15) is 8.42 Å². The summed E-state index contributed by atoms with van der Waals surface area (Å²) in [5.41, 5.74) is -0.239. The van der Waals surface area contributed by atoms with Gasteiger partial charge in [-0.1, -0.05) is 40.0 Å². The standard InChI is InChI=1S/C13H26ClNO2S/c1-12(2,3)11-18(16,17)15-10-13(9-14)7-5-4-6-8-13/h15H,4-11H2,1-3H3.